The summed E-state index contributed by atoms with van der Waals surface area (Å²) in [6, 6.07) is 9.28. The minimum atomic E-state index is -1.17. The van der Waals surface area contributed by atoms with Crippen molar-refractivity contribution in [2.45, 2.75) is 12.5 Å². The van der Waals surface area contributed by atoms with Gasteiger partial charge in [-0.15, -0.1) is 5.10 Å². The first-order valence-corrected chi connectivity index (χ1v) is 5.12. The minimum Gasteiger partial charge on any atom is -0.475 e. The van der Waals surface area contributed by atoms with Crippen LogP contribution in [-0.4, -0.2) is 26.3 Å². The number of aromatic amines is 1. The monoisotopic (exact) mass is 232 g/mol. The Balaban J connectivity index is 2.09. The number of aromatic nitrogens is 3. The maximum absolute atomic E-state index is 10.6. The van der Waals surface area contributed by atoms with E-state index in [1.54, 1.807) is 0 Å². The number of nitrogens with two attached hydrogens (primary N) is 1. The van der Waals surface area contributed by atoms with Gasteiger partial charge in [-0.25, -0.2) is 9.78 Å². The number of carboxylic acid groups (broad SMARTS) is 1. The second kappa shape index (κ2) is 4.75. The fourth-order valence-electron chi connectivity index (χ4n) is 1.50. The molecule has 0 aliphatic carbocycles. The summed E-state index contributed by atoms with van der Waals surface area (Å²) in [4.78, 5) is 14.4. The second-order valence-corrected chi connectivity index (χ2v) is 3.65. The van der Waals surface area contributed by atoms with Crippen LogP contribution < -0.4 is 5.73 Å². The quantitative estimate of drug-likeness (QED) is 0.721. The molecule has 0 unspecified atom stereocenters. The highest BCUT2D eigenvalue weighted by atomic mass is 16.4. The number of carbonyl (C=O) groups is 1. The zero-order chi connectivity index (χ0) is 12.3. The maximum Gasteiger partial charge on any atom is 0.375 e. The Morgan fingerprint density at radius 3 is 2.71 bits per heavy atom. The number of benzene rings is 1. The molecule has 1 atom stereocenters. The number of nitrogens with zero attached hydrogens (tertiary/aromatic N) is 2. The number of carboxylic acids is 1. The van der Waals surface area contributed by atoms with Gasteiger partial charge in [0.2, 0.25) is 0 Å². The summed E-state index contributed by atoms with van der Waals surface area (Å²) in [5, 5.41) is 14.8. The number of rotatable bonds is 4. The third-order valence-corrected chi connectivity index (χ3v) is 2.34. The van der Waals surface area contributed by atoms with E-state index in [1.165, 1.54) is 0 Å². The van der Waals surface area contributed by atoms with Crippen molar-refractivity contribution in [3.63, 3.8) is 0 Å². The highest BCUT2D eigenvalue weighted by Gasteiger charge is 2.15. The fraction of sp³-hybridized carbons (Fsp3) is 0.182. The van der Waals surface area contributed by atoms with E-state index in [9.17, 15) is 4.79 Å². The number of hydrogen-bond acceptors (Lipinski definition) is 4. The van der Waals surface area contributed by atoms with Crippen LogP contribution in [0.25, 0.3) is 0 Å². The summed E-state index contributed by atoms with van der Waals surface area (Å²) >= 11 is 0. The molecule has 0 bridgehead atoms. The molecule has 1 aromatic carbocycles. The standard InChI is InChI=1S/C11H12N4O2/c12-8(6-7-4-2-1-3-5-7)9-13-10(11(16)17)15-14-9/h1-5,8H,6,12H2,(H,16,17)(H,13,14,15)/t8-/m0/s1. The van der Waals surface area contributed by atoms with Crippen LogP contribution in [0.15, 0.2) is 30.3 Å². The molecular weight excluding hydrogens is 220 g/mol. The molecule has 17 heavy (non-hydrogen) atoms. The van der Waals surface area contributed by atoms with Crippen LogP contribution in [0.1, 0.15) is 28.0 Å². The Labute approximate surface area is 97.5 Å². The Kier molecular flexibility index (Phi) is 3.15. The van der Waals surface area contributed by atoms with Gasteiger partial charge in [0.25, 0.3) is 5.82 Å². The Morgan fingerprint density at radius 1 is 1.41 bits per heavy atom. The van der Waals surface area contributed by atoms with Gasteiger partial charge in [-0.3, -0.25) is 5.10 Å². The van der Waals surface area contributed by atoms with Gasteiger partial charge >= 0.3 is 5.97 Å². The molecule has 0 aliphatic heterocycles. The smallest absolute Gasteiger partial charge is 0.375 e. The van der Waals surface area contributed by atoms with E-state index in [-0.39, 0.29) is 5.82 Å². The van der Waals surface area contributed by atoms with E-state index in [0.717, 1.165) is 5.56 Å². The largest absolute Gasteiger partial charge is 0.475 e. The zero-order valence-corrected chi connectivity index (χ0v) is 9.00. The van der Waals surface area contributed by atoms with Crippen molar-refractivity contribution in [1.29, 1.82) is 0 Å². The van der Waals surface area contributed by atoms with Crippen molar-refractivity contribution in [2.24, 2.45) is 5.73 Å². The molecule has 2 aromatic rings. The van der Waals surface area contributed by atoms with Crippen LogP contribution >= 0.6 is 0 Å². The molecule has 1 aromatic heterocycles. The minimum absolute atomic E-state index is 0.261. The van der Waals surface area contributed by atoms with E-state index in [4.69, 9.17) is 10.8 Å². The molecule has 0 spiro atoms. The van der Waals surface area contributed by atoms with E-state index in [1.807, 2.05) is 30.3 Å². The molecule has 0 amide bonds. The van der Waals surface area contributed by atoms with Gasteiger partial charge in [-0.1, -0.05) is 30.3 Å². The van der Waals surface area contributed by atoms with E-state index in [2.05, 4.69) is 15.2 Å². The van der Waals surface area contributed by atoms with Crippen LogP contribution in [0.4, 0.5) is 0 Å². The fourth-order valence-corrected chi connectivity index (χ4v) is 1.50. The average Bonchev–Trinajstić information content (AvgIpc) is 2.79. The van der Waals surface area contributed by atoms with Crippen LogP contribution in [-0.2, 0) is 6.42 Å². The number of hydrogen-bond donors (Lipinski definition) is 3. The summed E-state index contributed by atoms with van der Waals surface area (Å²) < 4.78 is 0. The Morgan fingerprint density at radius 2 is 2.12 bits per heavy atom. The first-order chi connectivity index (χ1) is 8.16. The molecular formula is C11H12N4O2. The van der Waals surface area contributed by atoms with Crippen molar-refractivity contribution >= 4 is 5.97 Å². The first-order valence-electron chi connectivity index (χ1n) is 5.12. The van der Waals surface area contributed by atoms with Crippen molar-refractivity contribution in [3.05, 3.63) is 47.5 Å². The molecule has 2 rings (SSSR count). The average molecular weight is 232 g/mol. The second-order valence-electron chi connectivity index (χ2n) is 3.65. The summed E-state index contributed by atoms with van der Waals surface area (Å²) in [5.41, 5.74) is 6.98. The van der Waals surface area contributed by atoms with Gasteiger partial charge in [0.1, 0.15) is 5.82 Å². The van der Waals surface area contributed by atoms with E-state index >= 15 is 0 Å². The predicted octanol–water partition coefficient (Wildman–Crippen LogP) is 0.745. The molecule has 4 N–H and O–H groups in total. The van der Waals surface area contributed by atoms with Gasteiger partial charge in [0.15, 0.2) is 0 Å². The third kappa shape index (κ3) is 2.67. The van der Waals surface area contributed by atoms with Crippen LogP contribution in [0.3, 0.4) is 0 Å². The molecule has 0 aliphatic rings. The van der Waals surface area contributed by atoms with Crippen molar-refractivity contribution < 1.29 is 9.90 Å². The number of nitrogens with one attached hydrogen (secondary N) is 1. The molecule has 88 valence electrons. The molecule has 0 saturated carbocycles. The summed E-state index contributed by atoms with van der Waals surface area (Å²) in [7, 11) is 0. The topological polar surface area (TPSA) is 105 Å². The van der Waals surface area contributed by atoms with Crippen LogP contribution in [0.5, 0.6) is 0 Å². The summed E-state index contributed by atoms with van der Waals surface area (Å²) in [6.07, 6.45) is 0.578. The highest BCUT2D eigenvalue weighted by molar-refractivity contribution is 5.82. The normalized spacial score (nSPS) is 12.3. The Hall–Kier alpha value is -2.21. The third-order valence-electron chi connectivity index (χ3n) is 2.34. The van der Waals surface area contributed by atoms with Gasteiger partial charge < -0.3 is 10.8 Å². The van der Waals surface area contributed by atoms with Gasteiger partial charge in [0, 0.05) is 0 Å². The van der Waals surface area contributed by atoms with Crippen LogP contribution in [0, 0.1) is 0 Å². The molecule has 6 nitrogen and oxygen atoms in total. The van der Waals surface area contributed by atoms with Crippen molar-refractivity contribution in [1.82, 2.24) is 15.2 Å². The lowest BCUT2D eigenvalue weighted by atomic mass is 10.1. The van der Waals surface area contributed by atoms with E-state index < -0.39 is 12.0 Å². The number of H-pyrrole nitrogens is 1. The van der Waals surface area contributed by atoms with Gasteiger partial charge in [0.05, 0.1) is 6.04 Å². The molecule has 0 saturated heterocycles. The lowest BCUT2D eigenvalue weighted by Gasteiger charge is -2.07. The summed E-state index contributed by atoms with van der Waals surface area (Å²) in [5.74, 6) is -1.05. The van der Waals surface area contributed by atoms with Gasteiger partial charge in [-0.2, -0.15) is 0 Å². The van der Waals surface area contributed by atoms with Crippen molar-refractivity contribution in [3.8, 4) is 0 Å². The molecule has 1 heterocycles. The zero-order valence-electron chi connectivity index (χ0n) is 9.00. The lowest BCUT2D eigenvalue weighted by molar-refractivity contribution is 0.0684. The maximum atomic E-state index is 10.6. The molecule has 0 fully saturated rings. The van der Waals surface area contributed by atoms with E-state index in [0.29, 0.717) is 12.2 Å². The predicted molar refractivity (Wildman–Crippen MR) is 60.4 cm³/mol. The first kappa shape index (κ1) is 11.3. The molecule has 6 heteroatoms. The Bertz CT molecular complexity index is 509. The van der Waals surface area contributed by atoms with Crippen LogP contribution in [0.2, 0.25) is 0 Å². The molecule has 0 radical (unpaired) electrons. The SMILES string of the molecule is N[C@@H](Cc1ccccc1)c1nc(C(=O)O)n[nH]1. The lowest BCUT2D eigenvalue weighted by Crippen LogP contribution is -2.15. The highest BCUT2D eigenvalue weighted by Crippen LogP contribution is 2.12. The van der Waals surface area contributed by atoms with Gasteiger partial charge in [-0.05, 0) is 12.0 Å². The van der Waals surface area contributed by atoms with Crippen molar-refractivity contribution in [2.75, 3.05) is 0 Å². The number of aromatic carboxylic acids is 1. The summed E-state index contributed by atoms with van der Waals surface area (Å²) in [6.45, 7) is 0.